The number of aliphatic hydroxyl groups is 2. The van der Waals surface area contributed by atoms with Crippen molar-refractivity contribution in [1.29, 1.82) is 0 Å². The van der Waals surface area contributed by atoms with Crippen molar-refractivity contribution < 1.29 is 43.4 Å². The molecule has 9 heteroatoms. The number of aliphatic hydroxyl groups excluding tert-OH is 2. The maximum atomic E-state index is 10.3. The fourth-order valence-corrected chi connectivity index (χ4v) is 6.01. The van der Waals surface area contributed by atoms with E-state index in [0.717, 1.165) is 46.8 Å². The Labute approximate surface area is 326 Å². The van der Waals surface area contributed by atoms with Crippen molar-refractivity contribution in [2.45, 2.75) is 50.4 Å². The van der Waals surface area contributed by atoms with Gasteiger partial charge >= 0.3 is 0 Å². The minimum atomic E-state index is -0.762. The van der Waals surface area contributed by atoms with E-state index in [0.29, 0.717) is 43.8 Å². The smallest absolute Gasteiger partial charge is 0.119 e. The molecule has 0 spiro atoms. The maximum Gasteiger partial charge on any atom is 0.119 e. The van der Waals surface area contributed by atoms with Crippen LogP contribution in [0.3, 0.4) is 0 Å². The van der Waals surface area contributed by atoms with Crippen LogP contribution in [0.15, 0.2) is 122 Å². The summed E-state index contributed by atoms with van der Waals surface area (Å²) in [5, 5.41) is 20.7. The Bertz CT molecular complexity index is 1690. The molecule has 0 amide bonds. The third-order valence-corrected chi connectivity index (χ3v) is 9.34. The van der Waals surface area contributed by atoms with E-state index < -0.39 is 12.2 Å². The zero-order chi connectivity index (χ0) is 38.8. The predicted octanol–water partition coefficient (Wildman–Crippen LogP) is 7.74. The molecule has 4 aromatic rings. The molecular formula is C46H56O9. The molecular weight excluding hydrogens is 696 g/mol. The molecule has 1 heterocycles. The largest absolute Gasteiger partial charge is 0.493 e. The predicted molar refractivity (Wildman–Crippen MR) is 215 cm³/mol. The summed E-state index contributed by atoms with van der Waals surface area (Å²) in [7, 11) is 0. The highest BCUT2D eigenvalue weighted by atomic mass is 16.6. The van der Waals surface area contributed by atoms with Gasteiger partial charge in [0.05, 0.1) is 39.6 Å². The molecule has 0 radical (unpaired) electrons. The van der Waals surface area contributed by atoms with Gasteiger partial charge in [0.15, 0.2) is 0 Å². The number of hydrogen-bond donors (Lipinski definition) is 2. The average Bonchev–Trinajstić information content (AvgIpc) is 4.06. The Kier molecular flexibility index (Phi) is 16.6. The van der Waals surface area contributed by atoms with Gasteiger partial charge in [0.2, 0.25) is 0 Å². The third-order valence-electron chi connectivity index (χ3n) is 9.34. The molecule has 2 N–H and O–H groups in total. The highest BCUT2D eigenvalue weighted by molar-refractivity contribution is 5.48. The Balaban J connectivity index is 1.46. The number of hydrogen-bond acceptors (Lipinski definition) is 9. The van der Waals surface area contributed by atoms with Crippen LogP contribution in [0.1, 0.15) is 54.4 Å². The van der Waals surface area contributed by atoms with E-state index in [9.17, 15) is 10.2 Å². The van der Waals surface area contributed by atoms with Gasteiger partial charge < -0.3 is 43.4 Å². The normalized spacial score (nSPS) is 16.3. The van der Waals surface area contributed by atoms with Crippen LogP contribution in [0.25, 0.3) is 0 Å². The Morgan fingerprint density at radius 3 is 1.25 bits per heavy atom. The van der Waals surface area contributed by atoms with Gasteiger partial charge in [-0.15, -0.1) is 13.2 Å². The van der Waals surface area contributed by atoms with E-state index in [4.69, 9.17) is 33.2 Å². The summed E-state index contributed by atoms with van der Waals surface area (Å²) in [5.74, 6) is 3.12. The zero-order valence-electron chi connectivity index (χ0n) is 32.1. The lowest BCUT2D eigenvalue weighted by Gasteiger charge is -2.30. The molecule has 1 saturated heterocycles. The van der Waals surface area contributed by atoms with Crippen LogP contribution in [0.5, 0.6) is 23.0 Å². The van der Waals surface area contributed by atoms with Gasteiger partial charge in [-0.05, 0) is 76.7 Å². The molecule has 5 rings (SSSR count). The minimum Gasteiger partial charge on any atom is -0.493 e. The second kappa shape index (κ2) is 22.0. The first-order chi connectivity index (χ1) is 26.9. The van der Waals surface area contributed by atoms with Gasteiger partial charge in [0.25, 0.3) is 0 Å². The Morgan fingerprint density at radius 1 is 0.582 bits per heavy atom. The van der Waals surface area contributed by atoms with Crippen LogP contribution in [0.4, 0.5) is 0 Å². The third kappa shape index (κ3) is 13.6. The average molecular weight is 753 g/mol. The minimum absolute atomic E-state index is 0.106. The van der Waals surface area contributed by atoms with Crippen molar-refractivity contribution in [2.24, 2.45) is 5.92 Å². The van der Waals surface area contributed by atoms with E-state index >= 15 is 0 Å². The summed E-state index contributed by atoms with van der Waals surface area (Å²) < 4.78 is 40.1. The Morgan fingerprint density at radius 2 is 0.927 bits per heavy atom. The van der Waals surface area contributed by atoms with Crippen LogP contribution in [0.2, 0.25) is 0 Å². The fourth-order valence-electron chi connectivity index (χ4n) is 6.01. The van der Waals surface area contributed by atoms with Crippen molar-refractivity contribution in [2.75, 3.05) is 59.5 Å². The quantitative estimate of drug-likeness (QED) is 0.0379. The molecule has 1 aliphatic rings. The SMILES string of the molecule is C=CCOCC(O)COc1ccc(C(c2ccc(OCC(C)CC)cc2)C(c2ccc(OCC(O)COCC=C)cc2)c2ccc(OCC3CO3)cc2)cc1. The van der Waals surface area contributed by atoms with Crippen molar-refractivity contribution in [3.8, 4) is 23.0 Å². The number of rotatable bonds is 26. The van der Waals surface area contributed by atoms with Crippen LogP contribution >= 0.6 is 0 Å². The molecule has 4 aromatic carbocycles. The summed E-state index contributed by atoms with van der Waals surface area (Å²) in [6.45, 7) is 14.8. The van der Waals surface area contributed by atoms with Crippen molar-refractivity contribution in [3.05, 3.63) is 145 Å². The molecule has 6 atom stereocenters. The summed E-state index contributed by atoms with van der Waals surface area (Å²) in [4.78, 5) is 0. The lowest BCUT2D eigenvalue weighted by Crippen LogP contribution is -2.23. The Hall–Kier alpha value is -4.64. The second-order valence-corrected chi connectivity index (χ2v) is 13.9. The number of benzene rings is 4. The van der Waals surface area contributed by atoms with Gasteiger partial charge in [-0.2, -0.15) is 0 Å². The number of epoxide rings is 1. The van der Waals surface area contributed by atoms with E-state index in [1.807, 2.05) is 48.5 Å². The summed E-state index contributed by atoms with van der Waals surface area (Å²) in [5.41, 5.74) is 4.36. The van der Waals surface area contributed by atoms with Crippen molar-refractivity contribution in [1.82, 2.24) is 0 Å². The second-order valence-electron chi connectivity index (χ2n) is 13.9. The van der Waals surface area contributed by atoms with Gasteiger partial charge in [-0.1, -0.05) is 81.0 Å². The van der Waals surface area contributed by atoms with Gasteiger partial charge in [-0.25, -0.2) is 0 Å². The highest BCUT2D eigenvalue weighted by Gasteiger charge is 2.29. The molecule has 294 valence electrons. The molecule has 9 nitrogen and oxygen atoms in total. The topological polar surface area (TPSA) is 108 Å². The van der Waals surface area contributed by atoms with E-state index in [-0.39, 0.29) is 44.4 Å². The van der Waals surface area contributed by atoms with Gasteiger partial charge in [0.1, 0.15) is 61.1 Å². The molecule has 55 heavy (non-hydrogen) atoms. The van der Waals surface area contributed by atoms with E-state index in [1.54, 1.807) is 12.2 Å². The zero-order valence-corrected chi connectivity index (χ0v) is 32.1. The van der Waals surface area contributed by atoms with E-state index in [1.165, 1.54) is 0 Å². The standard InChI is InChI=1S/C46H56O9/c1-5-24-49-27-38(47)29-52-41-18-10-35(11-19-41)45(34-8-16-40(17-9-34)51-26-33(4)7-3)46(37-14-22-43(23-15-37)54-31-44-32-55-44)36-12-20-42(21-13-36)53-30-39(48)28-50-25-6-2/h5-6,8-23,33,38-39,44-48H,1-2,7,24-32H2,3-4H3. The first-order valence-corrected chi connectivity index (χ1v) is 19.1. The lowest BCUT2D eigenvalue weighted by molar-refractivity contribution is 0.0214. The first kappa shape index (κ1) is 41.5. The molecule has 0 saturated carbocycles. The monoisotopic (exact) mass is 752 g/mol. The van der Waals surface area contributed by atoms with Crippen LogP contribution in [0, 0.1) is 5.92 Å². The van der Waals surface area contributed by atoms with Crippen molar-refractivity contribution >= 4 is 0 Å². The van der Waals surface area contributed by atoms with Crippen LogP contribution < -0.4 is 18.9 Å². The molecule has 0 bridgehead atoms. The maximum absolute atomic E-state index is 10.3. The molecule has 0 aliphatic carbocycles. The van der Waals surface area contributed by atoms with Gasteiger partial charge in [0, 0.05) is 11.8 Å². The summed E-state index contributed by atoms with van der Waals surface area (Å²) >= 11 is 0. The first-order valence-electron chi connectivity index (χ1n) is 19.1. The molecule has 6 unspecified atom stereocenters. The lowest BCUT2D eigenvalue weighted by atomic mass is 9.73. The molecule has 1 aliphatic heterocycles. The van der Waals surface area contributed by atoms with Crippen molar-refractivity contribution in [3.63, 3.8) is 0 Å². The van der Waals surface area contributed by atoms with Gasteiger partial charge in [-0.3, -0.25) is 0 Å². The van der Waals surface area contributed by atoms with E-state index in [2.05, 4.69) is 75.5 Å². The molecule has 0 aromatic heterocycles. The summed E-state index contributed by atoms with van der Waals surface area (Å²) in [6, 6.07) is 32.8. The summed E-state index contributed by atoms with van der Waals surface area (Å²) in [6.07, 6.45) is 2.98. The highest BCUT2D eigenvalue weighted by Crippen LogP contribution is 2.44. The fraction of sp³-hybridized carbons (Fsp3) is 0.391. The molecule has 1 fully saturated rings. The van der Waals surface area contributed by atoms with Crippen LogP contribution in [-0.2, 0) is 14.2 Å². The van der Waals surface area contributed by atoms with Crippen LogP contribution in [-0.4, -0.2) is 88.0 Å². The number of ether oxygens (including phenoxy) is 7.